The van der Waals surface area contributed by atoms with Crippen LogP contribution in [0.25, 0.3) is 0 Å². The lowest BCUT2D eigenvalue weighted by atomic mass is 9.74. The molecule has 4 atom stereocenters. The van der Waals surface area contributed by atoms with Crippen LogP contribution in [0.5, 0.6) is 0 Å². The van der Waals surface area contributed by atoms with Gasteiger partial charge in [0.1, 0.15) is 0 Å². The minimum absolute atomic E-state index is 0.0126. The topological polar surface area (TPSA) is 60.5 Å². The summed E-state index contributed by atoms with van der Waals surface area (Å²) in [6, 6.07) is 5.92. The van der Waals surface area contributed by atoms with Crippen molar-refractivity contribution in [3.05, 3.63) is 30.1 Å². The number of carbonyl (C=O) groups excluding carboxylic acids is 1. The number of nitrogens with one attached hydrogen (secondary N) is 1. The van der Waals surface area contributed by atoms with Crippen LogP contribution in [0.15, 0.2) is 24.4 Å². The summed E-state index contributed by atoms with van der Waals surface area (Å²) in [6.45, 7) is 25.4. The van der Waals surface area contributed by atoms with Gasteiger partial charge >= 0.3 is 0 Å². The van der Waals surface area contributed by atoms with Gasteiger partial charge in [-0.1, -0.05) is 59.8 Å². The number of amides is 1. The monoisotopic (exact) mass is 550 g/mol. The van der Waals surface area contributed by atoms with E-state index in [1.807, 2.05) is 24.4 Å². The molecule has 0 aliphatic carbocycles. The summed E-state index contributed by atoms with van der Waals surface area (Å²) in [5.41, 5.74) is 0.970. The third kappa shape index (κ3) is 7.79. The van der Waals surface area contributed by atoms with Crippen LogP contribution in [0.3, 0.4) is 0 Å². The van der Waals surface area contributed by atoms with Gasteiger partial charge in [-0.15, -0.1) is 0 Å². The number of carbonyl (C=O) groups is 1. The number of hydrogen-bond acceptors (Lipinski definition) is 5. The van der Waals surface area contributed by atoms with Gasteiger partial charge in [-0.25, -0.2) is 0 Å². The number of pyridine rings is 1. The summed E-state index contributed by atoms with van der Waals surface area (Å²) in [7, 11) is -3.81. The molecule has 1 aliphatic rings. The van der Waals surface area contributed by atoms with Crippen molar-refractivity contribution in [1.82, 2.24) is 10.3 Å². The molecule has 0 radical (unpaired) electrons. The predicted octanol–water partition coefficient (Wildman–Crippen LogP) is 6.94. The summed E-state index contributed by atoms with van der Waals surface area (Å²) in [6.07, 6.45) is 4.10. The molecule has 0 aromatic carbocycles. The molecule has 0 saturated carbocycles. The molecule has 0 spiro atoms. The highest BCUT2D eigenvalue weighted by atomic mass is 32.1. The van der Waals surface area contributed by atoms with Gasteiger partial charge in [0.05, 0.1) is 18.1 Å². The highest BCUT2D eigenvalue weighted by Crippen LogP contribution is 2.40. The number of aromatic nitrogens is 1. The minimum atomic E-state index is -2.00. The Morgan fingerprint density at radius 1 is 1.08 bits per heavy atom. The molecule has 204 valence electrons. The average molecular weight is 551 g/mol. The lowest BCUT2D eigenvalue weighted by molar-refractivity contribution is -0.141. The van der Waals surface area contributed by atoms with Crippen LogP contribution in [0, 0.1) is 11.8 Å². The first-order valence-electron chi connectivity index (χ1n) is 13.4. The molecule has 8 heteroatoms. The molecular formula is C28H50N2O3SSi2. The molecule has 36 heavy (non-hydrogen) atoms. The molecule has 1 aromatic rings. The Morgan fingerprint density at radius 2 is 1.69 bits per heavy atom. The van der Waals surface area contributed by atoms with Crippen LogP contribution >= 0.6 is 12.2 Å². The number of hydrogen-bond donors (Lipinski definition) is 1. The minimum Gasteiger partial charge on any atom is -0.417 e. The number of nitrogens with zero attached hydrogens (tertiary/aromatic N) is 1. The lowest BCUT2D eigenvalue weighted by Gasteiger charge is -2.48. The second kappa shape index (κ2) is 11.8. The van der Waals surface area contributed by atoms with E-state index >= 15 is 0 Å². The van der Waals surface area contributed by atoms with E-state index in [1.165, 1.54) is 0 Å². The van der Waals surface area contributed by atoms with Gasteiger partial charge < -0.3 is 14.2 Å². The first-order chi connectivity index (χ1) is 16.4. The molecule has 0 unspecified atom stereocenters. The van der Waals surface area contributed by atoms with E-state index in [0.29, 0.717) is 6.42 Å². The number of rotatable bonds is 12. The largest absolute Gasteiger partial charge is 0.417 e. The SMILES string of the molecule is C[C@@H](O[Si](C)(C)C(C)(C)C)[C@H]1C(=O)N[C@@H]1[C@@H](CCCO[Si](C)(C)C(C)(C)C)C(=S)Cc1ccccn1. The summed E-state index contributed by atoms with van der Waals surface area (Å²) >= 11 is 6.01. The van der Waals surface area contributed by atoms with Crippen molar-refractivity contribution in [1.29, 1.82) is 0 Å². The molecule has 1 aromatic heterocycles. The van der Waals surface area contributed by atoms with Crippen LogP contribution in [0.1, 0.15) is 67.0 Å². The Morgan fingerprint density at radius 3 is 2.19 bits per heavy atom. The van der Waals surface area contributed by atoms with Crippen LogP contribution in [0.2, 0.25) is 36.3 Å². The summed E-state index contributed by atoms with van der Waals surface area (Å²) in [5.74, 6) is -0.0281. The van der Waals surface area contributed by atoms with E-state index < -0.39 is 16.6 Å². The van der Waals surface area contributed by atoms with E-state index in [-0.39, 0.29) is 40.0 Å². The zero-order chi connectivity index (χ0) is 27.5. The molecule has 1 fully saturated rings. The Labute approximate surface area is 227 Å². The third-order valence-corrected chi connectivity index (χ3v) is 18.2. The van der Waals surface area contributed by atoms with Crippen LogP contribution in [-0.4, -0.2) is 51.1 Å². The predicted molar refractivity (Wildman–Crippen MR) is 160 cm³/mol. The highest BCUT2D eigenvalue weighted by Gasteiger charge is 2.50. The quantitative estimate of drug-likeness (QED) is 0.132. The Kier molecular flexibility index (Phi) is 10.3. The molecule has 2 heterocycles. The first kappa shape index (κ1) is 31.3. The van der Waals surface area contributed by atoms with Crippen molar-refractivity contribution in [3.8, 4) is 0 Å². The van der Waals surface area contributed by atoms with Crippen molar-refractivity contribution < 1.29 is 13.6 Å². The second-order valence-corrected chi connectivity index (χ2v) is 23.6. The summed E-state index contributed by atoms with van der Waals surface area (Å²) < 4.78 is 13.1. The zero-order valence-corrected chi connectivity index (χ0v) is 27.3. The van der Waals surface area contributed by atoms with Crippen LogP contribution in [0.4, 0.5) is 0 Å². The second-order valence-electron chi connectivity index (χ2n) is 13.5. The molecule has 0 bridgehead atoms. The van der Waals surface area contributed by atoms with E-state index in [1.54, 1.807) is 0 Å². The average Bonchev–Trinajstić information content (AvgIpc) is 2.71. The normalized spacial score (nSPS) is 20.9. The maximum Gasteiger partial charge on any atom is 0.228 e. The number of thiocarbonyl (C=S) groups is 1. The van der Waals surface area contributed by atoms with Gasteiger partial charge in [0, 0.05) is 35.7 Å². The van der Waals surface area contributed by atoms with Gasteiger partial charge in [0.25, 0.3) is 0 Å². The molecular weight excluding hydrogens is 501 g/mol. The van der Waals surface area contributed by atoms with Crippen molar-refractivity contribution in [2.75, 3.05) is 6.61 Å². The van der Waals surface area contributed by atoms with Gasteiger partial charge in [0.15, 0.2) is 16.6 Å². The Balaban J connectivity index is 2.17. The summed E-state index contributed by atoms with van der Waals surface area (Å²) in [5, 5.41) is 3.48. The molecule has 1 aliphatic heterocycles. The molecule has 1 N–H and O–H groups in total. The fourth-order valence-corrected chi connectivity index (χ4v) is 7.12. The maximum absolute atomic E-state index is 12.8. The van der Waals surface area contributed by atoms with Crippen molar-refractivity contribution in [2.24, 2.45) is 11.8 Å². The van der Waals surface area contributed by atoms with E-state index in [0.717, 1.165) is 30.0 Å². The van der Waals surface area contributed by atoms with E-state index in [2.05, 4.69) is 85.0 Å². The van der Waals surface area contributed by atoms with E-state index in [9.17, 15) is 4.79 Å². The van der Waals surface area contributed by atoms with Crippen molar-refractivity contribution in [2.45, 2.75) is 116 Å². The smallest absolute Gasteiger partial charge is 0.228 e. The van der Waals surface area contributed by atoms with E-state index in [4.69, 9.17) is 21.1 Å². The van der Waals surface area contributed by atoms with Crippen molar-refractivity contribution >= 4 is 39.6 Å². The maximum atomic E-state index is 12.8. The van der Waals surface area contributed by atoms with Crippen LogP contribution < -0.4 is 5.32 Å². The number of β-lactam (4-membered cyclic amide) rings is 1. The van der Waals surface area contributed by atoms with Crippen LogP contribution in [-0.2, 0) is 20.1 Å². The molecule has 1 amide bonds. The van der Waals surface area contributed by atoms with Gasteiger partial charge in [0.2, 0.25) is 5.91 Å². The molecule has 5 nitrogen and oxygen atoms in total. The first-order valence-corrected chi connectivity index (χ1v) is 19.6. The fourth-order valence-electron chi connectivity index (χ4n) is 4.19. The third-order valence-electron chi connectivity index (χ3n) is 8.65. The molecule has 2 rings (SSSR count). The zero-order valence-electron chi connectivity index (χ0n) is 24.5. The fraction of sp³-hybridized carbons (Fsp3) is 0.750. The highest BCUT2D eigenvalue weighted by molar-refractivity contribution is 7.80. The van der Waals surface area contributed by atoms with Gasteiger partial charge in [-0.2, -0.15) is 0 Å². The lowest BCUT2D eigenvalue weighted by Crippen LogP contribution is -2.67. The van der Waals surface area contributed by atoms with Gasteiger partial charge in [-0.05, 0) is 68.2 Å². The Bertz CT molecular complexity index is 894. The summed E-state index contributed by atoms with van der Waals surface area (Å²) in [4.78, 5) is 18.3. The van der Waals surface area contributed by atoms with Crippen molar-refractivity contribution in [3.63, 3.8) is 0 Å². The standard InChI is InChI=1S/C28H50N2O3SSi2/c1-20(33-36(10,11)28(5,6)7)24-25(30-26(24)31)22(23(34)19-21-15-12-13-17-29-21)16-14-18-32-35(8,9)27(2,3)4/h12-13,15,17,20,22,24-25H,14,16,18-19H2,1-11H3,(H,30,31)/t20-,22+,24-,25-/m1/s1. The molecule has 1 saturated heterocycles. The Hall–Kier alpha value is -0.936. The van der Waals surface area contributed by atoms with Gasteiger partial charge in [-0.3, -0.25) is 9.78 Å².